The van der Waals surface area contributed by atoms with Gasteiger partial charge in [0, 0.05) is 36.7 Å². The van der Waals surface area contributed by atoms with Gasteiger partial charge in [0.1, 0.15) is 5.75 Å². The number of likely N-dealkylation sites (tertiary alicyclic amines) is 1. The molecule has 0 bridgehead atoms. The van der Waals surface area contributed by atoms with Gasteiger partial charge in [0.25, 0.3) is 5.91 Å². The van der Waals surface area contributed by atoms with E-state index in [0.29, 0.717) is 48.4 Å². The molecule has 0 aliphatic carbocycles. The molecule has 32 heavy (non-hydrogen) atoms. The molecule has 1 aliphatic heterocycles. The van der Waals surface area contributed by atoms with Crippen LogP contribution in [-0.4, -0.2) is 57.7 Å². The molecule has 0 saturated carbocycles. The van der Waals surface area contributed by atoms with Crippen molar-refractivity contribution in [1.82, 2.24) is 10.2 Å². The number of hydrogen-bond donors (Lipinski definition) is 1. The van der Waals surface area contributed by atoms with Gasteiger partial charge in [-0.25, -0.2) is 0 Å². The first-order valence-corrected chi connectivity index (χ1v) is 10.8. The molecule has 2 amide bonds. The number of hydrogen-bond acceptors (Lipinski definition) is 5. The summed E-state index contributed by atoms with van der Waals surface area (Å²) in [6.07, 6.45) is 0. The van der Waals surface area contributed by atoms with Gasteiger partial charge >= 0.3 is 0 Å². The molecular formula is C25H32N2O5. The number of nitrogens with one attached hydrogen (secondary N) is 1. The van der Waals surface area contributed by atoms with Crippen molar-refractivity contribution in [3.8, 4) is 17.2 Å². The second-order valence-corrected chi connectivity index (χ2v) is 8.37. The van der Waals surface area contributed by atoms with Crippen LogP contribution in [-0.2, 0) is 4.79 Å². The molecule has 2 aromatic rings. The van der Waals surface area contributed by atoms with Crippen molar-refractivity contribution in [3.05, 3.63) is 53.6 Å². The third-order valence-electron chi connectivity index (χ3n) is 5.80. The SMILES string of the molecule is COc1ccc(C(=O)N2CC(C(=O)NCC(C)C)C(c3cccc(OC)c3OC)C2)cc1. The molecular weight excluding hydrogens is 408 g/mol. The van der Waals surface area contributed by atoms with Gasteiger partial charge in [-0.15, -0.1) is 0 Å². The van der Waals surface area contributed by atoms with Gasteiger partial charge < -0.3 is 24.4 Å². The highest BCUT2D eigenvalue weighted by atomic mass is 16.5. The van der Waals surface area contributed by atoms with Gasteiger partial charge in [0.15, 0.2) is 11.5 Å². The Kier molecular flexibility index (Phi) is 7.62. The van der Waals surface area contributed by atoms with Gasteiger partial charge in [0.05, 0.1) is 27.2 Å². The fourth-order valence-corrected chi connectivity index (χ4v) is 4.11. The molecule has 0 radical (unpaired) electrons. The van der Waals surface area contributed by atoms with Crippen LogP contribution >= 0.6 is 0 Å². The Balaban J connectivity index is 1.92. The van der Waals surface area contributed by atoms with E-state index in [2.05, 4.69) is 19.2 Å². The predicted octanol–water partition coefficient (Wildman–Crippen LogP) is 3.34. The van der Waals surface area contributed by atoms with Crippen LogP contribution in [0.15, 0.2) is 42.5 Å². The average molecular weight is 441 g/mol. The molecule has 2 atom stereocenters. The van der Waals surface area contributed by atoms with E-state index in [1.54, 1.807) is 50.5 Å². The van der Waals surface area contributed by atoms with E-state index < -0.39 is 5.92 Å². The van der Waals surface area contributed by atoms with Crippen LogP contribution in [0.3, 0.4) is 0 Å². The van der Waals surface area contributed by atoms with Crippen molar-refractivity contribution in [3.63, 3.8) is 0 Å². The van der Waals surface area contributed by atoms with E-state index in [9.17, 15) is 9.59 Å². The van der Waals surface area contributed by atoms with Crippen LogP contribution in [0.25, 0.3) is 0 Å². The lowest BCUT2D eigenvalue weighted by Gasteiger charge is -2.22. The summed E-state index contributed by atoms with van der Waals surface area (Å²) in [6, 6.07) is 12.7. The zero-order valence-electron chi connectivity index (χ0n) is 19.4. The number of benzene rings is 2. The van der Waals surface area contributed by atoms with Crippen molar-refractivity contribution >= 4 is 11.8 Å². The van der Waals surface area contributed by atoms with Crippen LogP contribution in [0.5, 0.6) is 17.2 Å². The zero-order valence-corrected chi connectivity index (χ0v) is 19.4. The van der Waals surface area contributed by atoms with Crippen molar-refractivity contribution in [2.24, 2.45) is 11.8 Å². The van der Waals surface area contributed by atoms with E-state index in [1.807, 2.05) is 18.2 Å². The maximum Gasteiger partial charge on any atom is 0.253 e. The summed E-state index contributed by atoms with van der Waals surface area (Å²) >= 11 is 0. The number of ether oxygens (including phenoxy) is 3. The highest BCUT2D eigenvalue weighted by Crippen LogP contribution is 2.42. The summed E-state index contributed by atoms with van der Waals surface area (Å²) < 4.78 is 16.3. The molecule has 7 heteroatoms. The molecule has 1 aliphatic rings. The number of rotatable bonds is 8. The van der Waals surface area contributed by atoms with Crippen LogP contribution < -0.4 is 19.5 Å². The third-order valence-corrected chi connectivity index (χ3v) is 5.80. The Morgan fingerprint density at radius 1 is 1.00 bits per heavy atom. The van der Waals surface area contributed by atoms with E-state index in [-0.39, 0.29) is 17.7 Å². The van der Waals surface area contributed by atoms with Gasteiger partial charge in [-0.05, 0) is 36.2 Å². The lowest BCUT2D eigenvalue weighted by molar-refractivity contribution is -0.125. The highest BCUT2D eigenvalue weighted by molar-refractivity contribution is 5.95. The minimum absolute atomic E-state index is 0.0568. The van der Waals surface area contributed by atoms with E-state index in [4.69, 9.17) is 14.2 Å². The smallest absolute Gasteiger partial charge is 0.253 e. The number of amides is 2. The number of methoxy groups -OCH3 is 3. The zero-order chi connectivity index (χ0) is 23.3. The van der Waals surface area contributed by atoms with E-state index in [0.717, 1.165) is 5.56 Å². The van der Waals surface area contributed by atoms with Crippen LogP contribution in [0.1, 0.15) is 35.7 Å². The molecule has 3 rings (SSSR count). The standard InChI is InChI=1S/C25H32N2O5/c1-16(2)13-26-24(28)21-15-27(25(29)17-9-11-18(30-3)12-10-17)14-20(21)19-7-6-8-22(31-4)23(19)32-5/h6-12,16,20-21H,13-15H2,1-5H3,(H,26,28). The third kappa shape index (κ3) is 4.98. The van der Waals surface area contributed by atoms with Crippen LogP contribution in [0.2, 0.25) is 0 Å². The van der Waals surface area contributed by atoms with E-state index >= 15 is 0 Å². The van der Waals surface area contributed by atoms with Crippen molar-refractivity contribution < 1.29 is 23.8 Å². The summed E-state index contributed by atoms with van der Waals surface area (Å²) in [4.78, 5) is 28.1. The van der Waals surface area contributed by atoms with Crippen LogP contribution in [0.4, 0.5) is 0 Å². The van der Waals surface area contributed by atoms with Crippen molar-refractivity contribution in [2.75, 3.05) is 41.0 Å². The number of nitrogens with zero attached hydrogens (tertiary/aromatic N) is 1. The molecule has 172 valence electrons. The largest absolute Gasteiger partial charge is 0.497 e. The van der Waals surface area contributed by atoms with E-state index in [1.165, 1.54) is 0 Å². The summed E-state index contributed by atoms with van der Waals surface area (Å²) in [5, 5.41) is 3.04. The quantitative estimate of drug-likeness (QED) is 0.681. The summed E-state index contributed by atoms with van der Waals surface area (Å²) in [5.74, 6) is 1.45. The Bertz CT molecular complexity index is 942. The number of carbonyl (C=O) groups is 2. The molecule has 1 saturated heterocycles. The first-order chi connectivity index (χ1) is 15.4. The lowest BCUT2D eigenvalue weighted by Crippen LogP contribution is -2.37. The average Bonchev–Trinajstić information content (AvgIpc) is 3.26. The molecule has 1 heterocycles. The predicted molar refractivity (Wildman–Crippen MR) is 123 cm³/mol. The second kappa shape index (κ2) is 10.4. The van der Waals surface area contributed by atoms with Gasteiger partial charge in [-0.3, -0.25) is 9.59 Å². The molecule has 2 unspecified atom stereocenters. The Hall–Kier alpha value is -3.22. The Labute approximate surface area is 189 Å². The second-order valence-electron chi connectivity index (χ2n) is 8.37. The molecule has 0 spiro atoms. The summed E-state index contributed by atoms with van der Waals surface area (Å²) in [5.41, 5.74) is 1.42. The number of carbonyl (C=O) groups excluding carboxylic acids is 2. The minimum atomic E-state index is -0.392. The number of para-hydroxylation sites is 1. The van der Waals surface area contributed by atoms with Crippen LogP contribution in [0, 0.1) is 11.8 Å². The Morgan fingerprint density at radius 2 is 1.72 bits per heavy atom. The first-order valence-electron chi connectivity index (χ1n) is 10.8. The maximum atomic E-state index is 13.2. The summed E-state index contributed by atoms with van der Waals surface area (Å²) in [6.45, 7) is 5.44. The highest BCUT2D eigenvalue weighted by Gasteiger charge is 2.42. The minimum Gasteiger partial charge on any atom is -0.497 e. The molecule has 7 nitrogen and oxygen atoms in total. The van der Waals surface area contributed by atoms with Gasteiger partial charge in [-0.1, -0.05) is 26.0 Å². The first kappa shape index (κ1) is 23.4. The molecule has 1 fully saturated rings. The van der Waals surface area contributed by atoms with Crippen molar-refractivity contribution in [1.29, 1.82) is 0 Å². The lowest BCUT2D eigenvalue weighted by atomic mass is 9.87. The van der Waals surface area contributed by atoms with Gasteiger partial charge in [0.2, 0.25) is 5.91 Å². The molecule has 1 N–H and O–H groups in total. The van der Waals surface area contributed by atoms with Crippen molar-refractivity contribution in [2.45, 2.75) is 19.8 Å². The summed E-state index contributed by atoms with van der Waals surface area (Å²) in [7, 11) is 4.76. The monoisotopic (exact) mass is 440 g/mol. The van der Waals surface area contributed by atoms with Gasteiger partial charge in [-0.2, -0.15) is 0 Å². The Morgan fingerprint density at radius 3 is 2.31 bits per heavy atom. The normalized spacial score (nSPS) is 17.9. The molecule has 2 aromatic carbocycles. The maximum absolute atomic E-state index is 13.2. The fraction of sp³-hybridized carbons (Fsp3) is 0.440. The topological polar surface area (TPSA) is 77.1 Å². The fourth-order valence-electron chi connectivity index (χ4n) is 4.11. The molecule has 0 aromatic heterocycles.